The Morgan fingerprint density at radius 2 is 1.09 bits per heavy atom. The second kappa shape index (κ2) is 7.99. The quantitative estimate of drug-likeness (QED) is 0.271. The molecular formula is C30H21NS. The summed E-state index contributed by atoms with van der Waals surface area (Å²) in [6.07, 6.45) is 0. The van der Waals surface area contributed by atoms with Gasteiger partial charge in [0.15, 0.2) is 0 Å². The summed E-state index contributed by atoms with van der Waals surface area (Å²) in [6, 6.07) is 45.4. The number of nitrogens with zero attached hydrogens (tertiary/aromatic N) is 1. The molecule has 0 aliphatic heterocycles. The highest BCUT2D eigenvalue weighted by Gasteiger charge is 2.17. The van der Waals surface area contributed by atoms with Gasteiger partial charge >= 0.3 is 0 Å². The summed E-state index contributed by atoms with van der Waals surface area (Å²) in [5, 5.41) is 3.82. The molecule has 0 bridgehead atoms. The summed E-state index contributed by atoms with van der Waals surface area (Å²) < 4.78 is 1.32. The molecule has 0 radical (unpaired) electrons. The fourth-order valence-electron chi connectivity index (χ4n) is 4.39. The molecule has 6 aromatic rings. The molecule has 1 heterocycles. The molecule has 1 nitrogen and oxygen atoms in total. The normalized spacial score (nSPS) is 11.1. The zero-order valence-corrected chi connectivity index (χ0v) is 18.3. The number of para-hydroxylation sites is 2. The van der Waals surface area contributed by atoms with E-state index in [4.69, 9.17) is 0 Å². The van der Waals surface area contributed by atoms with E-state index in [2.05, 4.69) is 132 Å². The monoisotopic (exact) mass is 427 g/mol. The standard InChI is InChI=1S/C30H21NS/c1-3-12-23(13-4-1)31(24-14-5-2-6-15-24)28-20-19-27(25-16-8-9-17-26(25)28)30-21-22-11-7-10-18-29(22)32-30/h1-21H. The summed E-state index contributed by atoms with van der Waals surface area (Å²) in [4.78, 5) is 3.65. The Labute approximate surface area is 191 Å². The first-order chi connectivity index (χ1) is 15.9. The third kappa shape index (κ3) is 3.26. The molecule has 0 saturated carbocycles. The first-order valence-electron chi connectivity index (χ1n) is 10.8. The molecule has 5 aromatic carbocycles. The Morgan fingerprint density at radius 3 is 1.78 bits per heavy atom. The van der Waals surface area contributed by atoms with Crippen LogP contribution in [0.1, 0.15) is 0 Å². The summed E-state index contributed by atoms with van der Waals surface area (Å²) in [6.45, 7) is 0. The summed E-state index contributed by atoms with van der Waals surface area (Å²) >= 11 is 1.86. The van der Waals surface area contributed by atoms with Crippen molar-refractivity contribution in [3.63, 3.8) is 0 Å². The van der Waals surface area contributed by atoms with E-state index in [-0.39, 0.29) is 0 Å². The van der Waals surface area contributed by atoms with Crippen LogP contribution in [0.4, 0.5) is 17.1 Å². The van der Waals surface area contributed by atoms with Gasteiger partial charge in [0.1, 0.15) is 0 Å². The molecule has 2 heteroatoms. The molecule has 0 aliphatic rings. The molecule has 0 saturated heterocycles. The molecule has 0 unspecified atom stereocenters. The third-order valence-corrected chi connectivity index (χ3v) is 7.01. The molecule has 0 aliphatic carbocycles. The topological polar surface area (TPSA) is 3.24 Å². The van der Waals surface area contributed by atoms with Gasteiger partial charge in [0.05, 0.1) is 5.69 Å². The van der Waals surface area contributed by atoms with Crippen molar-refractivity contribution in [1.29, 1.82) is 0 Å². The highest BCUT2D eigenvalue weighted by Crippen LogP contribution is 2.43. The summed E-state index contributed by atoms with van der Waals surface area (Å²) in [7, 11) is 0. The lowest BCUT2D eigenvalue weighted by Crippen LogP contribution is -2.10. The van der Waals surface area contributed by atoms with Gasteiger partial charge in [0.25, 0.3) is 0 Å². The molecule has 0 amide bonds. The van der Waals surface area contributed by atoms with Crippen LogP contribution in [-0.2, 0) is 0 Å². The average molecular weight is 428 g/mol. The van der Waals surface area contributed by atoms with Gasteiger partial charge in [-0.25, -0.2) is 0 Å². The number of anilines is 3. The van der Waals surface area contributed by atoms with Crippen LogP contribution < -0.4 is 4.90 Å². The van der Waals surface area contributed by atoms with E-state index in [1.54, 1.807) is 0 Å². The van der Waals surface area contributed by atoms with Crippen molar-refractivity contribution in [2.45, 2.75) is 0 Å². The van der Waals surface area contributed by atoms with Crippen molar-refractivity contribution in [3.8, 4) is 10.4 Å². The number of benzene rings is 5. The van der Waals surface area contributed by atoms with E-state index >= 15 is 0 Å². The van der Waals surface area contributed by atoms with Crippen molar-refractivity contribution in [1.82, 2.24) is 0 Å². The van der Waals surface area contributed by atoms with Crippen LogP contribution >= 0.6 is 11.3 Å². The van der Waals surface area contributed by atoms with Gasteiger partial charge in [0.2, 0.25) is 0 Å². The molecule has 0 spiro atoms. The number of fused-ring (bicyclic) bond motifs is 2. The van der Waals surface area contributed by atoms with Crippen molar-refractivity contribution in [3.05, 3.63) is 127 Å². The molecule has 32 heavy (non-hydrogen) atoms. The van der Waals surface area contributed by atoms with Crippen LogP contribution in [0.25, 0.3) is 31.3 Å². The number of rotatable bonds is 4. The Balaban J connectivity index is 1.59. The number of hydrogen-bond donors (Lipinski definition) is 0. The highest BCUT2D eigenvalue weighted by atomic mass is 32.1. The molecule has 6 rings (SSSR count). The Bertz CT molecular complexity index is 1440. The van der Waals surface area contributed by atoms with Crippen LogP contribution in [-0.4, -0.2) is 0 Å². The minimum atomic E-state index is 1.15. The molecule has 152 valence electrons. The van der Waals surface area contributed by atoms with Gasteiger partial charge in [0, 0.05) is 26.3 Å². The van der Waals surface area contributed by atoms with Crippen LogP contribution in [0.3, 0.4) is 0 Å². The lowest BCUT2D eigenvalue weighted by atomic mass is 10.00. The number of hydrogen-bond acceptors (Lipinski definition) is 2. The number of thiophene rings is 1. The van der Waals surface area contributed by atoms with Crippen molar-refractivity contribution < 1.29 is 0 Å². The third-order valence-electron chi connectivity index (χ3n) is 5.86. The maximum absolute atomic E-state index is 2.34. The van der Waals surface area contributed by atoms with Gasteiger partial charge in [-0.2, -0.15) is 0 Å². The van der Waals surface area contributed by atoms with E-state index < -0.39 is 0 Å². The van der Waals surface area contributed by atoms with Crippen molar-refractivity contribution in [2.24, 2.45) is 0 Å². The Kier molecular flexibility index (Phi) is 4.71. The molecular weight excluding hydrogens is 406 g/mol. The summed E-state index contributed by atoms with van der Waals surface area (Å²) in [5.41, 5.74) is 4.77. The lowest BCUT2D eigenvalue weighted by molar-refractivity contribution is 1.30. The van der Waals surface area contributed by atoms with Crippen LogP contribution in [0.2, 0.25) is 0 Å². The molecule has 0 N–H and O–H groups in total. The fourth-order valence-corrected chi connectivity index (χ4v) is 5.49. The van der Waals surface area contributed by atoms with Gasteiger partial charge in [-0.1, -0.05) is 84.9 Å². The van der Waals surface area contributed by atoms with Crippen molar-refractivity contribution >= 4 is 49.3 Å². The average Bonchev–Trinajstić information content (AvgIpc) is 3.30. The Morgan fingerprint density at radius 1 is 0.500 bits per heavy atom. The SMILES string of the molecule is c1ccc(N(c2ccccc2)c2ccc(-c3cc4ccccc4s3)c3ccccc23)cc1. The smallest absolute Gasteiger partial charge is 0.0540 e. The predicted molar refractivity (Wildman–Crippen MR) is 139 cm³/mol. The van der Waals surface area contributed by atoms with Crippen LogP contribution in [0.15, 0.2) is 127 Å². The van der Waals surface area contributed by atoms with E-state index in [0.717, 1.165) is 11.4 Å². The first kappa shape index (κ1) is 18.9. The van der Waals surface area contributed by atoms with Gasteiger partial charge in [-0.05, 0) is 58.8 Å². The largest absolute Gasteiger partial charge is 0.310 e. The van der Waals surface area contributed by atoms with E-state index in [1.807, 2.05) is 11.3 Å². The summed E-state index contributed by atoms with van der Waals surface area (Å²) in [5.74, 6) is 0. The lowest BCUT2D eigenvalue weighted by Gasteiger charge is -2.27. The first-order valence-corrected chi connectivity index (χ1v) is 11.6. The molecule has 1 aromatic heterocycles. The Hall–Kier alpha value is -3.88. The van der Waals surface area contributed by atoms with E-state index in [0.29, 0.717) is 0 Å². The zero-order chi connectivity index (χ0) is 21.3. The molecule has 0 fully saturated rings. The minimum absolute atomic E-state index is 1.15. The molecule has 0 atom stereocenters. The van der Waals surface area contributed by atoms with E-state index in [1.165, 1.54) is 37.0 Å². The van der Waals surface area contributed by atoms with Crippen LogP contribution in [0, 0.1) is 0 Å². The highest BCUT2D eigenvalue weighted by molar-refractivity contribution is 7.22. The van der Waals surface area contributed by atoms with E-state index in [9.17, 15) is 0 Å². The zero-order valence-electron chi connectivity index (χ0n) is 17.5. The van der Waals surface area contributed by atoms with Gasteiger partial charge in [-0.15, -0.1) is 11.3 Å². The van der Waals surface area contributed by atoms with Crippen LogP contribution in [0.5, 0.6) is 0 Å². The van der Waals surface area contributed by atoms with Gasteiger partial charge in [-0.3, -0.25) is 0 Å². The van der Waals surface area contributed by atoms with Crippen molar-refractivity contribution in [2.75, 3.05) is 4.90 Å². The maximum Gasteiger partial charge on any atom is 0.0540 e. The predicted octanol–water partition coefficient (Wildman–Crippen LogP) is 9.19. The second-order valence-corrected chi connectivity index (χ2v) is 8.92. The maximum atomic E-state index is 2.34. The minimum Gasteiger partial charge on any atom is -0.310 e. The second-order valence-electron chi connectivity index (χ2n) is 7.83. The van der Waals surface area contributed by atoms with Gasteiger partial charge < -0.3 is 4.90 Å². The fraction of sp³-hybridized carbons (Fsp3) is 0.